The lowest BCUT2D eigenvalue weighted by Gasteiger charge is -1.93. The molecule has 0 aromatic heterocycles. The Morgan fingerprint density at radius 3 is 1.95 bits per heavy atom. The van der Waals surface area contributed by atoms with Gasteiger partial charge >= 0.3 is 0 Å². The Morgan fingerprint density at radius 1 is 0.810 bits per heavy atom. The number of Topliss-reactive ketones (excluding diaryl/α,β-unsaturated/α-hetero) is 2. The average molecular weight is 276 g/mol. The highest BCUT2D eigenvalue weighted by Crippen LogP contribution is 2.26. The molecule has 0 fully saturated rings. The van der Waals surface area contributed by atoms with Gasteiger partial charge in [-0.25, -0.2) is 0 Å². The molecule has 3 rings (SSSR count). The molecule has 0 unspecified atom stereocenters. The van der Waals surface area contributed by atoms with Crippen LogP contribution in [0.3, 0.4) is 0 Å². The van der Waals surface area contributed by atoms with Crippen molar-refractivity contribution in [2.75, 3.05) is 0 Å². The Hall–Kier alpha value is -2.94. The van der Waals surface area contributed by atoms with E-state index in [1.807, 2.05) is 0 Å². The highest BCUT2D eigenvalue weighted by molar-refractivity contribution is 6.39. The van der Waals surface area contributed by atoms with Crippen LogP contribution in [0, 0.1) is 0 Å². The Kier molecular flexibility index (Phi) is 3.24. The zero-order chi connectivity index (χ0) is 14.8. The monoisotopic (exact) mass is 276 g/mol. The van der Waals surface area contributed by atoms with Crippen LogP contribution in [0.5, 0.6) is 5.75 Å². The molecule has 2 aromatic carbocycles. The van der Waals surface area contributed by atoms with E-state index in [1.54, 1.807) is 60.7 Å². The number of ketones is 2. The van der Waals surface area contributed by atoms with Gasteiger partial charge in [0.15, 0.2) is 11.6 Å². The van der Waals surface area contributed by atoms with Crippen LogP contribution < -0.4 is 0 Å². The number of hydrogen-bond acceptors (Lipinski definition) is 3. The summed E-state index contributed by atoms with van der Waals surface area (Å²) in [5.74, 6) is -0.265. The van der Waals surface area contributed by atoms with Crippen molar-refractivity contribution in [3.05, 3.63) is 82.9 Å². The number of fused-ring (bicyclic) bond motifs is 1. The van der Waals surface area contributed by atoms with Crippen molar-refractivity contribution in [2.24, 2.45) is 0 Å². The summed E-state index contributed by atoms with van der Waals surface area (Å²) in [6.07, 6.45) is 4.98. The molecule has 0 atom stereocenters. The number of hydrogen-bond donors (Lipinski definition) is 1. The lowest BCUT2D eigenvalue weighted by molar-refractivity contribution is 0.0989. The van der Waals surface area contributed by atoms with Crippen molar-refractivity contribution in [3.8, 4) is 5.75 Å². The van der Waals surface area contributed by atoms with Crippen LogP contribution in [-0.4, -0.2) is 16.7 Å². The summed E-state index contributed by atoms with van der Waals surface area (Å²) in [5, 5.41) is 9.20. The SMILES string of the molecule is O=C1C(=C/C=C/c2ccc(O)cc2)C(=O)c2ccccc21. The Bertz CT molecular complexity index is 743. The molecule has 3 heteroatoms. The predicted molar refractivity (Wildman–Crippen MR) is 80.3 cm³/mol. The molecule has 1 aliphatic carbocycles. The molecule has 2 aromatic rings. The minimum atomic E-state index is -0.231. The second-order valence-corrected chi connectivity index (χ2v) is 4.73. The van der Waals surface area contributed by atoms with Crippen molar-refractivity contribution in [3.63, 3.8) is 0 Å². The third-order valence-electron chi connectivity index (χ3n) is 3.35. The van der Waals surface area contributed by atoms with Gasteiger partial charge in [-0.1, -0.05) is 48.6 Å². The number of carbonyl (C=O) groups excluding carboxylic acids is 2. The van der Waals surface area contributed by atoms with Crippen LogP contribution in [0.25, 0.3) is 6.08 Å². The second-order valence-electron chi connectivity index (χ2n) is 4.73. The van der Waals surface area contributed by atoms with E-state index in [9.17, 15) is 14.7 Å². The first-order valence-electron chi connectivity index (χ1n) is 6.52. The van der Waals surface area contributed by atoms with E-state index in [0.717, 1.165) is 5.56 Å². The maximum absolute atomic E-state index is 12.1. The summed E-state index contributed by atoms with van der Waals surface area (Å²) in [4.78, 5) is 24.3. The number of benzene rings is 2. The van der Waals surface area contributed by atoms with E-state index in [4.69, 9.17) is 0 Å². The van der Waals surface area contributed by atoms with Crippen molar-refractivity contribution < 1.29 is 14.7 Å². The minimum Gasteiger partial charge on any atom is -0.508 e. The molecular formula is C18H12O3. The zero-order valence-electron chi connectivity index (χ0n) is 11.1. The van der Waals surface area contributed by atoms with Crippen molar-refractivity contribution in [2.45, 2.75) is 0 Å². The first kappa shape index (κ1) is 13.1. The number of aromatic hydroxyl groups is 1. The van der Waals surface area contributed by atoms with E-state index >= 15 is 0 Å². The third-order valence-corrected chi connectivity index (χ3v) is 3.35. The summed E-state index contributed by atoms with van der Waals surface area (Å²) < 4.78 is 0. The van der Waals surface area contributed by atoms with Crippen molar-refractivity contribution in [1.82, 2.24) is 0 Å². The molecule has 0 saturated heterocycles. The molecule has 3 nitrogen and oxygen atoms in total. The highest BCUT2D eigenvalue weighted by atomic mass is 16.3. The molecule has 0 bridgehead atoms. The van der Waals surface area contributed by atoms with Gasteiger partial charge in [0.05, 0.1) is 5.57 Å². The van der Waals surface area contributed by atoms with Gasteiger partial charge < -0.3 is 5.11 Å². The fraction of sp³-hybridized carbons (Fsp3) is 0. The smallest absolute Gasteiger partial charge is 0.197 e. The quantitative estimate of drug-likeness (QED) is 0.675. The topological polar surface area (TPSA) is 54.4 Å². The van der Waals surface area contributed by atoms with Gasteiger partial charge in [0.25, 0.3) is 0 Å². The van der Waals surface area contributed by atoms with E-state index < -0.39 is 0 Å². The van der Waals surface area contributed by atoms with Gasteiger partial charge in [0.1, 0.15) is 5.75 Å². The number of rotatable bonds is 2. The van der Waals surface area contributed by atoms with E-state index in [1.165, 1.54) is 6.08 Å². The number of allylic oxidation sites excluding steroid dienone is 3. The van der Waals surface area contributed by atoms with Crippen LogP contribution in [0.2, 0.25) is 0 Å². The Labute approximate surface area is 121 Å². The fourth-order valence-electron chi connectivity index (χ4n) is 2.26. The standard InChI is InChI=1S/C18H12O3/c19-13-10-8-12(9-11-13)4-3-7-16-17(20)14-5-1-2-6-15(14)18(16)21/h1-11,19H/b4-3+. The summed E-state index contributed by atoms with van der Waals surface area (Å²) in [6.45, 7) is 0. The van der Waals surface area contributed by atoms with Crippen LogP contribution >= 0.6 is 0 Å². The molecule has 0 radical (unpaired) electrons. The largest absolute Gasteiger partial charge is 0.508 e. The highest BCUT2D eigenvalue weighted by Gasteiger charge is 2.31. The van der Waals surface area contributed by atoms with E-state index in [-0.39, 0.29) is 22.9 Å². The first-order valence-corrected chi connectivity index (χ1v) is 6.52. The molecule has 0 aliphatic heterocycles. The number of phenols is 1. The first-order chi connectivity index (χ1) is 10.2. The molecular weight excluding hydrogens is 264 g/mol. The Balaban J connectivity index is 1.87. The molecule has 21 heavy (non-hydrogen) atoms. The summed E-state index contributed by atoms with van der Waals surface area (Å²) in [6, 6.07) is 13.5. The van der Waals surface area contributed by atoms with Gasteiger partial charge in [-0.2, -0.15) is 0 Å². The van der Waals surface area contributed by atoms with Crippen LogP contribution in [0.4, 0.5) is 0 Å². The molecule has 0 amide bonds. The molecule has 0 heterocycles. The van der Waals surface area contributed by atoms with E-state index in [2.05, 4.69) is 0 Å². The van der Waals surface area contributed by atoms with E-state index in [0.29, 0.717) is 11.1 Å². The molecule has 102 valence electrons. The van der Waals surface area contributed by atoms with Crippen molar-refractivity contribution in [1.29, 1.82) is 0 Å². The predicted octanol–water partition coefficient (Wildman–Crippen LogP) is 3.41. The average Bonchev–Trinajstić information content (AvgIpc) is 2.75. The molecule has 1 aliphatic rings. The summed E-state index contributed by atoms with van der Waals surface area (Å²) >= 11 is 0. The van der Waals surface area contributed by atoms with Gasteiger partial charge in [-0.05, 0) is 23.8 Å². The lowest BCUT2D eigenvalue weighted by Crippen LogP contribution is -1.99. The fourth-order valence-corrected chi connectivity index (χ4v) is 2.26. The Morgan fingerprint density at radius 2 is 1.38 bits per heavy atom. The van der Waals surface area contributed by atoms with Crippen molar-refractivity contribution >= 4 is 17.6 Å². The van der Waals surface area contributed by atoms with Gasteiger partial charge in [0.2, 0.25) is 0 Å². The number of phenolic OH excluding ortho intramolecular Hbond substituents is 1. The summed E-state index contributed by atoms with van der Waals surface area (Å²) in [7, 11) is 0. The zero-order valence-corrected chi connectivity index (χ0v) is 11.1. The maximum atomic E-state index is 12.1. The molecule has 0 saturated carbocycles. The normalized spacial score (nSPS) is 13.8. The minimum absolute atomic E-state index is 0.186. The molecule has 0 spiro atoms. The van der Waals surface area contributed by atoms with Gasteiger partial charge in [0, 0.05) is 11.1 Å². The van der Waals surface area contributed by atoms with Gasteiger partial charge in [-0.15, -0.1) is 0 Å². The lowest BCUT2D eigenvalue weighted by atomic mass is 10.1. The maximum Gasteiger partial charge on any atom is 0.197 e. The van der Waals surface area contributed by atoms with Crippen LogP contribution in [0.1, 0.15) is 26.3 Å². The van der Waals surface area contributed by atoms with Crippen LogP contribution in [-0.2, 0) is 0 Å². The van der Waals surface area contributed by atoms with Crippen LogP contribution in [0.15, 0.2) is 66.3 Å². The number of carbonyl (C=O) groups is 2. The third kappa shape index (κ3) is 2.41. The molecule has 1 N–H and O–H groups in total. The second kappa shape index (κ2) is 5.21. The van der Waals surface area contributed by atoms with Gasteiger partial charge in [-0.3, -0.25) is 9.59 Å². The summed E-state index contributed by atoms with van der Waals surface area (Å²) in [5.41, 5.74) is 1.99.